The zero-order valence-corrected chi connectivity index (χ0v) is 11.1. The minimum absolute atomic E-state index is 0.0648. The fourth-order valence-corrected chi connectivity index (χ4v) is 3.00. The molecule has 1 aromatic heterocycles. The van der Waals surface area contributed by atoms with Gasteiger partial charge in [-0.1, -0.05) is 6.07 Å². The summed E-state index contributed by atoms with van der Waals surface area (Å²) in [6.45, 7) is 1.08. The molecule has 0 bridgehead atoms. The lowest BCUT2D eigenvalue weighted by Gasteiger charge is -2.05. The van der Waals surface area contributed by atoms with Crippen LogP contribution in [0.5, 0.6) is 0 Å². The van der Waals surface area contributed by atoms with Gasteiger partial charge in [0.1, 0.15) is 0 Å². The molecule has 2 aliphatic heterocycles. The molecule has 3 heterocycles. The second-order valence-corrected chi connectivity index (χ2v) is 5.45. The quantitative estimate of drug-likeness (QED) is 0.780. The molecule has 0 radical (unpaired) electrons. The molecular weight excluding hydrogens is 252 g/mol. The molecule has 1 saturated heterocycles. The molecule has 102 valence electrons. The summed E-state index contributed by atoms with van der Waals surface area (Å²) >= 11 is 0. The Hall–Kier alpha value is -2.14. The molecule has 3 N–H and O–H groups in total. The molecule has 1 fully saturated rings. The number of hydrogen-bond donors (Lipinski definition) is 3. The van der Waals surface area contributed by atoms with Crippen LogP contribution in [-0.2, 0) is 11.2 Å². The minimum atomic E-state index is 0.0648. The molecule has 0 saturated carbocycles. The van der Waals surface area contributed by atoms with Crippen molar-refractivity contribution in [3.05, 3.63) is 35.5 Å². The average molecular weight is 268 g/mol. The van der Waals surface area contributed by atoms with E-state index >= 15 is 0 Å². The lowest BCUT2D eigenvalue weighted by molar-refractivity contribution is -0.115. The van der Waals surface area contributed by atoms with Crippen molar-refractivity contribution in [1.29, 1.82) is 0 Å². The molecule has 1 atom stereocenters. The number of hydrogen-bond acceptors (Lipinski definition) is 3. The predicted molar refractivity (Wildman–Crippen MR) is 76.3 cm³/mol. The lowest BCUT2D eigenvalue weighted by atomic mass is 10.0. The number of amides is 1. The van der Waals surface area contributed by atoms with Crippen molar-refractivity contribution >= 4 is 11.6 Å². The van der Waals surface area contributed by atoms with Crippen LogP contribution in [0.15, 0.2) is 24.3 Å². The van der Waals surface area contributed by atoms with Gasteiger partial charge in [-0.15, -0.1) is 0 Å². The van der Waals surface area contributed by atoms with Gasteiger partial charge in [-0.3, -0.25) is 9.89 Å². The molecule has 1 aromatic carbocycles. The highest BCUT2D eigenvalue weighted by Gasteiger charge is 2.20. The van der Waals surface area contributed by atoms with E-state index in [2.05, 4.69) is 33.0 Å². The Bertz CT molecular complexity index is 670. The van der Waals surface area contributed by atoms with E-state index < -0.39 is 0 Å². The van der Waals surface area contributed by atoms with Crippen molar-refractivity contribution < 1.29 is 4.79 Å². The summed E-state index contributed by atoms with van der Waals surface area (Å²) in [7, 11) is 0. The van der Waals surface area contributed by atoms with E-state index in [1.54, 1.807) is 0 Å². The fourth-order valence-electron chi connectivity index (χ4n) is 3.00. The van der Waals surface area contributed by atoms with Crippen LogP contribution in [0.1, 0.15) is 30.1 Å². The molecule has 5 heteroatoms. The summed E-state index contributed by atoms with van der Waals surface area (Å²) in [6.07, 6.45) is 2.83. The van der Waals surface area contributed by atoms with Crippen molar-refractivity contribution in [3.8, 4) is 11.3 Å². The summed E-state index contributed by atoms with van der Waals surface area (Å²) in [5.41, 5.74) is 5.12. The highest BCUT2D eigenvalue weighted by atomic mass is 16.1. The molecule has 4 rings (SSSR count). The minimum Gasteiger partial charge on any atom is -0.326 e. The van der Waals surface area contributed by atoms with Crippen LogP contribution in [0.25, 0.3) is 11.3 Å². The summed E-state index contributed by atoms with van der Waals surface area (Å²) in [5.74, 6) is 0.0648. The van der Waals surface area contributed by atoms with E-state index in [0.717, 1.165) is 41.2 Å². The topological polar surface area (TPSA) is 69.8 Å². The SMILES string of the molecule is O=C1Cc2cc(-c3cc(C4CCCN4)[nH]n3)ccc2N1. The number of benzene rings is 1. The molecule has 1 unspecified atom stereocenters. The summed E-state index contributed by atoms with van der Waals surface area (Å²) in [4.78, 5) is 11.4. The predicted octanol–water partition coefficient (Wildman–Crippen LogP) is 2.00. The first-order valence-corrected chi connectivity index (χ1v) is 7.01. The zero-order valence-electron chi connectivity index (χ0n) is 11.1. The number of carbonyl (C=O) groups excluding carboxylic acids is 1. The number of rotatable bonds is 2. The van der Waals surface area contributed by atoms with Gasteiger partial charge in [0.25, 0.3) is 0 Å². The molecule has 0 spiro atoms. The molecule has 20 heavy (non-hydrogen) atoms. The third kappa shape index (κ3) is 1.91. The fraction of sp³-hybridized carbons (Fsp3) is 0.333. The Morgan fingerprint density at radius 3 is 3.05 bits per heavy atom. The molecule has 0 aliphatic carbocycles. The number of anilines is 1. The van der Waals surface area contributed by atoms with E-state index in [-0.39, 0.29) is 5.91 Å². The van der Waals surface area contributed by atoms with Crippen LogP contribution in [-0.4, -0.2) is 22.6 Å². The Balaban J connectivity index is 1.64. The first-order valence-electron chi connectivity index (χ1n) is 7.01. The third-order valence-corrected chi connectivity index (χ3v) is 4.06. The normalized spacial score (nSPS) is 21.0. The number of fused-ring (bicyclic) bond motifs is 1. The molecule has 2 aliphatic rings. The van der Waals surface area contributed by atoms with Crippen LogP contribution in [0, 0.1) is 0 Å². The van der Waals surface area contributed by atoms with Gasteiger partial charge < -0.3 is 10.6 Å². The first-order chi connectivity index (χ1) is 9.79. The van der Waals surface area contributed by atoms with Gasteiger partial charge in [0.05, 0.1) is 17.8 Å². The number of carbonyl (C=O) groups is 1. The van der Waals surface area contributed by atoms with Gasteiger partial charge in [0.2, 0.25) is 5.91 Å². The molecule has 2 aromatic rings. The van der Waals surface area contributed by atoms with Crippen molar-refractivity contribution in [3.63, 3.8) is 0 Å². The van der Waals surface area contributed by atoms with E-state index in [1.165, 1.54) is 6.42 Å². The number of aromatic nitrogens is 2. The summed E-state index contributed by atoms with van der Waals surface area (Å²) in [6, 6.07) is 8.52. The Kier molecular flexibility index (Phi) is 2.60. The van der Waals surface area contributed by atoms with E-state index in [0.29, 0.717) is 12.5 Å². The van der Waals surface area contributed by atoms with Crippen molar-refractivity contribution in [2.75, 3.05) is 11.9 Å². The van der Waals surface area contributed by atoms with Crippen molar-refractivity contribution in [2.45, 2.75) is 25.3 Å². The van der Waals surface area contributed by atoms with Crippen LogP contribution >= 0.6 is 0 Å². The summed E-state index contributed by atoms with van der Waals surface area (Å²) < 4.78 is 0. The van der Waals surface area contributed by atoms with Crippen LogP contribution in [0.4, 0.5) is 5.69 Å². The lowest BCUT2D eigenvalue weighted by Crippen LogP contribution is -2.12. The highest BCUT2D eigenvalue weighted by molar-refractivity contribution is 5.99. The Morgan fingerprint density at radius 2 is 2.20 bits per heavy atom. The number of H-pyrrole nitrogens is 1. The maximum atomic E-state index is 11.4. The molecule has 1 amide bonds. The number of aromatic amines is 1. The second-order valence-electron chi connectivity index (χ2n) is 5.45. The summed E-state index contributed by atoms with van der Waals surface area (Å²) in [5, 5.41) is 13.8. The van der Waals surface area contributed by atoms with Crippen LogP contribution < -0.4 is 10.6 Å². The van der Waals surface area contributed by atoms with Crippen molar-refractivity contribution in [2.24, 2.45) is 0 Å². The van der Waals surface area contributed by atoms with Gasteiger partial charge >= 0.3 is 0 Å². The Labute approximate surface area is 116 Å². The van der Waals surface area contributed by atoms with Gasteiger partial charge in [0.15, 0.2) is 0 Å². The molecule has 5 nitrogen and oxygen atoms in total. The highest BCUT2D eigenvalue weighted by Crippen LogP contribution is 2.30. The largest absolute Gasteiger partial charge is 0.326 e. The average Bonchev–Trinajstić information content (AvgIpc) is 3.17. The third-order valence-electron chi connectivity index (χ3n) is 4.06. The standard InChI is InChI=1S/C15H16N4O/c20-15-7-10-6-9(3-4-11(10)17-15)13-8-14(19-18-13)12-2-1-5-16-12/h3-4,6,8,12,16H,1-2,5,7H2,(H,17,20)(H,18,19). The van der Waals surface area contributed by atoms with Gasteiger partial charge in [-0.25, -0.2) is 0 Å². The number of nitrogens with one attached hydrogen (secondary N) is 3. The maximum Gasteiger partial charge on any atom is 0.228 e. The second kappa shape index (κ2) is 4.45. The van der Waals surface area contributed by atoms with E-state index in [4.69, 9.17) is 0 Å². The van der Waals surface area contributed by atoms with Crippen LogP contribution in [0.3, 0.4) is 0 Å². The van der Waals surface area contributed by atoms with E-state index in [9.17, 15) is 4.79 Å². The number of nitrogens with zero attached hydrogens (tertiary/aromatic N) is 1. The monoisotopic (exact) mass is 268 g/mol. The van der Waals surface area contributed by atoms with E-state index in [1.807, 2.05) is 12.1 Å². The van der Waals surface area contributed by atoms with Crippen molar-refractivity contribution in [1.82, 2.24) is 15.5 Å². The van der Waals surface area contributed by atoms with Gasteiger partial charge in [0, 0.05) is 17.3 Å². The first kappa shape index (κ1) is 11.7. The Morgan fingerprint density at radius 1 is 1.25 bits per heavy atom. The maximum absolute atomic E-state index is 11.4. The molecular formula is C15H16N4O. The van der Waals surface area contributed by atoms with Gasteiger partial charge in [-0.2, -0.15) is 5.10 Å². The van der Waals surface area contributed by atoms with Crippen LogP contribution in [0.2, 0.25) is 0 Å². The zero-order chi connectivity index (χ0) is 13.5. The van der Waals surface area contributed by atoms with Gasteiger partial charge in [-0.05, 0) is 43.1 Å². The smallest absolute Gasteiger partial charge is 0.228 e.